The third kappa shape index (κ3) is 3.93. The molecule has 0 atom stereocenters. The predicted octanol–water partition coefficient (Wildman–Crippen LogP) is 12.1. The van der Waals surface area contributed by atoms with Crippen molar-refractivity contribution in [2.75, 3.05) is 0 Å². The second-order valence-corrected chi connectivity index (χ2v) is 13.7. The quantitative estimate of drug-likeness (QED) is 0.179. The molecule has 11 rings (SSSR count). The number of hydrogen-bond acceptors (Lipinski definition) is 2. The van der Waals surface area contributed by atoms with Crippen LogP contribution in [-0.2, 0) is 5.41 Å². The minimum atomic E-state index is -0.404. The van der Waals surface area contributed by atoms with Gasteiger partial charge in [-0.25, -0.2) is 4.98 Å². The van der Waals surface area contributed by atoms with Crippen molar-refractivity contribution < 1.29 is 0 Å². The van der Waals surface area contributed by atoms with E-state index < -0.39 is 5.41 Å². The Morgan fingerprint density at radius 3 is 1.67 bits per heavy atom. The van der Waals surface area contributed by atoms with Crippen LogP contribution in [0.25, 0.3) is 77.6 Å². The molecule has 0 fully saturated rings. The maximum absolute atomic E-state index is 5.40. The van der Waals surface area contributed by atoms with Gasteiger partial charge in [0.25, 0.3) is 0 Å². The van der Waals surface area contributed by atoms with Crippen molar-refractivity contribution in [3.05, 3.63) is 204 Å². The fourth-order valence-electron chi connectivity index (χ4n) is 8.97. The van der Waals surface area contributed by atoms with Gasteiger partial charge in [-0.3, -0.25) is 4.98 Å². The molecule has 2 nitrogen and oxygen atoms in total. The highest BCUT2D eigenvalue weighted by Gasteiger charge is 2.51. The van der Waals surface area contributed by atoms with Crippen molar-refractivity contribution in [2.45, 2.75) is 5.41 Å². The molecule has 0 amide bonds. The molecule has 0 saturated heterocycles. The molecule has 2 aliphatic rings. The number of aromatic nitrogens is 2. The van der Waals surface area contributed by atoms with Gasteiger partial charge >= 0.3 is 0 Å². The standard InChI is InChI=1S/C49H30N2/c1-5-18-42-35(14-1)36-15-2-6-19-43(36)49(42)44-20-7-3-16-37(44)40-29-39-38-17-4-8-22-47(38)51-48(41(39)30-45(40)49)32-25-23-31(24-26-32)33-12-11-13-34(28-33)46-21-9-10-27-50-46/h1-30H. The zero-order valence-electron chi connectivity index (χ0n) is 27.7. The van der Waals surface area contributed by atoms with E-state index in [2.05, 4.69) is 169 Å². The SMILES string of the molecule is c1ccc(-c2cccc(-c3ccc(-c4nc5ccccc5c5cc6c(cc45)C4(c5ccccc5-c5ccccc54)c4ccccc4-6)cc3)c2)nc1. The third-order valence-corrected chi connectivity index (χ3v) is 11.1. The molecule has 1 spiro atoms. The largest absolute Gasteiger partial charge is 0.256 e. The Labute approximate surface area is 296 Å². The van der Waals surface area contributed by atoms with Gasteiger partial charge in [-0.2, -0.15) is 0 Å². The van der Waals surface area contributed by atoms with E-state index in [9.17, 15) is 0 Å². The molecule has 51 heavy (non-hydrogen) atoms. The molecule has 0 saturated carbocycles. The Bertz CT molecular complexity index is 2800. The molecule has 236 valence electrons. The number of nitrogens with zero attached hydrogens (tertiary/aromatic N) is 2. The van der Waals surface area contributed by atoms with Gasteiger partial charge < -0.3 is 0 Å². The molecule has 0 aliphatic heterocycles. The van der Waals surface area contributed by atoms with E-state index in [4.69, 9.17) is 4.98 Å². The molecular weight excluding hydrogens is 617 g/mol. The van der Waals surface area contributed by atoms with Crippen LogP contribution in [0, 0.1) is 0 Å². The van der Waals surface area contributed by atoms with Crippen LogP contribution in [0.15, 0.2) is 182 Å². The molecule has 0 bridgehead atoms. The van der Waals surface area contributed by atoms with Crippen molar-refractivity contribution in [2.24, 2.45) is 0 Å². The zero-order valence-corrected chi connectivity index (χ0v) is 27.7. The third-order valence-electron chi connectivity index (χ3n) is 11.1. The summed E-state index contributed by atoms with van der Waals surface area (Å²) in [5.41, 5.74) is 17.7. The van der Waals surface area contributed by atoms with E-state index in [1.807, 2.05) is 18.3 Å². The van der Waals surface area contributed by atoms with Crippen LogP contribution in [0.4, 0.5) is 0 Å². The highest BCUT2D eigenvalue weighted by Crippen LogP contribution is 2.63. The number of para-hydroxylation sites is 1. The lowest BCUT2D eigenvalue weighted by Gasteiger charge is -2.30. The van der Waals surface area contributed by atoms with Crippen LogP contribution in [-0.4, -0.2) is 9.97 Å². The lowest BCUT2D eigenvalue weighted by molar-refractivity contribution is 0.795. The number of pyridine rings is 2. The smallest absolute Gasteiger partial charge is 0.0788 e. The van der Waals surface area contributed by atoms with Crippen LogP contribution in [0.3, 0.4) is 0 Å². The lowest BCUT2D eigenvalue weighted by Crippen LogP contribution is -2.25. The highest BCUT2D eigenvalue weighted by molar-refractivity contribution is 6.14. The average molecular weight is 647 g/mol. The maximum atomic E-state index is 5.40. The summed E-state index contributed by atoms with van der Waals surface area (Å²) >= 11 is 0. The molecule has 9 aromatic rings. The predicted molar refractivity (Wildman–Crippen MR) is 210 cm³/mol. The molecule has 2 aromatic heterocycles. The lowest BCUT2D eigenvalue weighted by atomic mass is 9.70. The maximum Gasteiger partial charge on any atom is 0.0788 e. The molecule has 7 aromatic carbocycles. The van der Waals surface area contributed by atoms with E-state index in [1.165, 1.54) is 60.7 Å². The summed E-state index contributed by atoms with van der Waals surface area (Å²) in [4.78, 5) is 9.97. The van der Waals surface area contributed by atoms with Crippen molar-refractivity contribution in [3.63, 3.8) is 0 Å². The van der Waals surface area contributed by atoms with Crippen LogP contribution in [0.1, 0.15) is 22.3 Å². The van der Waals surface area contributed by atoms with Gasteiger partial charge in [0.2, 0.25) is 0 Å². The summed E-state index contributed by atoms with van der Waals surface area (Å²) in [6, 6.07) is 64.1. The van der Waals surface area contributed by atoms with Crippen molar-refractivity contribution in [1.29, 1.82) is 0 Å². The van der Waals surface area contributed by atoms with E-state index in [-0.39, 0.29) is 0 Å². The van der Waals surface area contributed by atoms with Gasteiger partial charge in [-0.15, -0.1) is 0 Å². The fourth-order valence-corrected chi connectivity index (χ4v) is 8.97. The summed E-state index contributed by atoms with van der Waals surface area (Å²) in [6.45, 7) is 0. The van der Waals surface area contributed by atoms with E-state index in [1.54, 1.807) is 0 Å². The van der Waals surface area contributed by atoms with E-state index in [0.717, 1.165) is 39.2 Å². The Balaban J connectivity index is 1.15. The number of rotatable bonds is 3. The zero-order chi connectivity index (χ0) is 33.5. The van der Waals surface area contributed by atoms with Gasteiger partial charge in [0.1, 0.15) is 0 Å². The molecular formula is C49H30N2. The van der Waals surface area contributed by atoms with Crippen LogP contribution in [0.2, 0.25) is 0 Å². The van der Waals surface area contributed by atoms with E-state index >= 15 is 0 Å². The Hall–Kier alpha value is -6.64. The van der Waals surface area contributed by atoms with Crippen molar-refractivity contribution in [3.8, 4) is 55.9 Å². The molecule has 0 radical (unpaired) electrons. The molecule has 2 aliphatic carbocycles. The van der Waals surface area contributed by atoms with Crippen molar-refractivity contribution in [1.82, 2.24) is 9.97 Å². The second-order valence-electron chi connectivity index (χ2n) is 13.7. The summed E-state index contributed by atoms with van der Waals surface area (Å²) in [7, 11) is 0. The van der Waals surface area contributed by atoms with Crippen LogP contribution < -0.4 is 0 Å². The first-order valence-corrected chi connectivity index (χ1v) is 17.6. The second kappa shape index (κ2) is 10.7. The fraction of sp³-hybridized carbons (Fsp3) is 0.0204. The number of fused-ring (bicyclic) bond motifs is 13. The summed E-state index contributed by atoms with van der Waals surface area (Å²) < 4.78 is 0. The van der Waals surface area contributed by atoms with Gasteiger partial charge in [0.15, 0.2) is 0 Å². The summed E-state index contributed by atoms with van der Waals surface area (Å²) in [5, 5.41) is 3.58. The molecule has 0 unspecified atom stereocenters. The van der Waals surface area contributed by atoms with Gasteiger partial charge in [0.05, 0.1) is 22.3 Å². The average Bonchev–Trinajstić information content (AvgIpc) is 3.67. The topological polar surface area (TPSA) is 25.8 Å². The summed E-state index contributed by atoms with van der Waals surface area (Å²) in [6.07, 6.45) is 1.85. The Kier molecular flexibility index (Phi) is 5.91. The Morgan fingerprint density at radius 1 is 0.353 bits per heavy atom. The minimum absolute atomic E-state index is 0.404. The van der Waals surface area contributed by atoms with Crippen LogP contribution in [0.5, 0.6) is 0 Å². The van der Waals surface area contributed by atoms with Gasteiger partial charge in [-0.1, -0.05) is 140 Å². The highest BCUT2D eigenvalue weighted by atomic mass is 14.7. The van der Waals surface area contributed by atoms with E-state index in [0.29, 0.717) is 0 Å². The first kappa shape index (κ1) is 28.2. The molecule has 2 heterocycles. The molecule has 0 N–H and O–H groups in total. The van der Waals surface area contributed by atoms with Crippen molar-refractivity contribution >= 4 is 21.7 Å². The monoisotopic (exact) mass is 646 g/mol. The van der Waals surface area contributed by atoms with Gasteiger partial charge in [0, 0.05) is 28.1 Å². The number of hydrogen-bond donors (Lipinski definition) is 0. The summed E-state index contributed by atoms with van der Waals surface area (Å²) in [5.74, 6) is 0. The number of benzene rings is 7. The molecule has 2 heteroatoms. The van der Waals surface area contributed by atoms with Gasteiger partial charge in [-0.05, 0) is 97.4 Å². The first-order valence-electron chi connectivity index (χ1n) is 17.6. The Morgan fingerprint density at radius 2 is 0.961 bits per heavy atom. The minimum Gasteiger partial charge on any atom is -0.256 e. The normalized spacial score (nSPS) is 13.3. The first-order chi connectivity index (χ1) is 25.3. The van der Waals surface area contributed by atoms with Crippen LogP contribution >= 0.6 is 0 Å².